The van der Waals surface area contributed by atoms with Gasteiger partial charge in [0.2, 0.25) is 0 Å². The molecule has 172 valence electrons. The molecule has 3 aromatic carbocycles. The molecule has 4 aromatic rings. The van der Waals surface area contributed by atoms with Crippen LogP contribution in [0.2, 0.25) is 5.02 Å². The number of halogens is 2. The Kier molecular flexibility index (Phi) is 6.72. The molecule has 1 heterocycles. The predicted octanol–water partition coefficient (Wildman–Crippen LogP) is 5.64. The first kappa shape index (κ1) is 23.5. The van der Waals surface area contributed by atoms with Crippen molar-refractivity contribution in [2.24, 2.45) is 0 Å². The summed E-state index contributed by atoms with van der Waals surface area (Å²) in [5.41, 5.74) is 6.06. The largest absolute Gasteiger partial charge is 0.328 e. The lowest BCUT2D eigenvalue weighted by atomic mass is 10.2. The molecule has 0 saturated carbocycles. The van der Waals surface area contributed by atoms with Crippen LogP contribution in [0.3, 0.4) is 0 Å². The summed E-state index contributed by atoms with van der Waals surface area (Å²) in [7, 11) is 0. The van der Waals surface area contributed by atoms with Crippen molar-refractivity contribution in [2.75, 3.05) is 16.1 Å². The second-order valence-electron chi connectivity index (χ2n) is 7.70. The van der Waals surface area contributed by atoms with Crippen molar-refractivity contribution in [1.82, 2.24) is 4.68 Å². The molecular formula is C25H20BrClN4O3. The van der Waals surface area contributed by atoms with Crippen LogP contribution in [0, 0.1) is 13.8 Å². The molecule has 0 atom stereocenters. The third-order valence-corrected chi connectivity index (χ3v) is 6.35. The number of hydrogen-bond acceptors (Lipinski definition) is 3. The summed E-state index contributed by atoms with van der Waals surface area (Å²) in [6, 6.07) is 19.1. The second kappa shape index (κ2) is 9.70. The molecule has 0 saturated heterocycles. The minimum Gasteiger partial charge on any atom is -0.321 e. The van der Waals surface area contributed by atoms with E-state index in [0.717, 1.165) is 15.6 Å². The van der Waals surface area contributed by atoms with Crippen molar-refractivity contribution >= 4 is 67.5 Å². The van der Waals surface area contributed by atoms with Crippen LogP contribution in [0.25, 0.3) is 10.9 Å². The van der Waals surface area contributed by atoms with Crippen molar-refractivity contribution < 1.29 is 14.4 Å². The summed E-state index contributed by atoms with van der Waals surface area (Å²) in [5, 5.41) is 6.52. The standard InChI is InChI=1S/C25H20BrClN4O3/c1-14-5-3-4-6-20(14)29-24(33)25(34)30-31-21-10-7-17(27)12-16(21)13-22(31)23(32)28-18-8-9-19(26)15(2)11-18/h3-13H,1-2H3,(H,28,32)(H,29,33)(H,30,34). The van der Waals surface area contributed by atoms with Gasteiger partial charge in [-0.25, -0.2) is 4.68 Å². The number of carbonyl (C=O) groups excluding carboxylic acids is 3. The highest BCUT2D eigenvalue weighted by atomic mass is 79.9. The zero-order valence-corrected chi connectivity index (χ0v) is 20.6. The van der Waals surface area contributed by atoms with Crippen LogP contribution < -0.4 is 16.1 Å². The Labute approximate surface area is 209 Å². The summed E-state index contributed by atoms with van der Waals surface area (Å²) in [6.07, 6.45) is 0. The molecule has 0 spiro atoms. The number of aromatic nitrogens is 1. The summed E-state index contributed by atoms with van der Waals surface area (Å²) in [5.74, 6) is -2.25. The van der Waals surface area contributed by atoms with Gasteiger partial charge in [0, 0.05) is 26.3 Å². The number of amides is 3. The zero-order chi connectivity index (χ0) is 24.4. The third-order valence-electron chi connectivity index (χ3n) is 5.22. The smallest absolute Gasteiger partial charge is 0.321 e. The Bertz CT molecular complexity index is 1450. The Balaban J connectivity index is 1.64. The number of anilines is 2. The highest BCUT2D eigenvalue weighted by Crippen LogP contribution is 2.25. The number of para-hydroxylation sites is 1. The molecule has 0 radical (unpaired) electrons. The lowest BCUT2D eigenvalue weighted by molar-refractivity contribution is -0.133. The number of aryl methyl sites for hydroxylation is 2. The van der Waals surface area contributed by atoms with E-state index in [2.05, 4.69) is 32.0 Å². The maximum Gasteiger partial charge on any atom is 0.328 e. The molecule has 7 nitrogen and oxygen atoms in total. The molecule has 4 rings (SSSR count). The second-order valence-corrected chi connectivity index (χ2v) is 8.99. The lowest BCUT2D eigenvalue weighted by Crippen LogP contribution is -2.36. The van der Waals surface area contributed by atoms with Crippen LogP contribution in [0.15, 0.2) is 71.2 Å². The molecule has 1 aromatic heterocycles. The van der Waals surface area contributed by atoms with Crippen LogP contribution in [0.1, 0.15) is 21.6 Å². The van der Waals surface area contributed by atoms with Crippen molar-refractivity contribution in [3.63, 3.8) is 0 Å². The van der Waals surface area contributed by atoms with Crippen LogP contribution in [-0.2, 0) is 9.59 Å². The first-order valence-corrected chi connectivity index (χ1v) is 11.5. The fourth-order valence-electron chi connectivity index (χ4n) is 3.44. The SMILES string of the molecule is Cc1cc(NC(=O)c2cc3cc(Cl)ccc3n2NC(=O)C(=O)Nc2ccccc2C)ccc1Br. The average molecular weight is 540 g/mol. The van der Waals surface area contributed by atoms with E-state index in [9.17, 15) is 14.4 Å². The molecule has 0 bridgehead atoms. The molecule has 34 heavy (non-hydrogen) atoms. The van der Waals surface area contributed by atoms with E-state index < -0.39 is 17.7 Å². The van der Waals surface area contributed by atoms with E-state index in [1.165, 1.54) is 4.68 Å². The topological polar surface area (TPSA) is 92.2 Å². The van der Waals surface area contributed by atoms with E-state index in [-0.39, 0.29) is 5.69 Å². The molecule has 0 aliphatic heterocycles. The number of benzene rings is 3. The number of nitrogens with one attached hydrogen (secondary N) is 3. The maximum absolute atomic E-state index is 13.1. The molecule has 9 heteroatoms. The Morgan fingerprint density at radius 1 is 0.853 bits per heavy atom. The van der Waals surface area contributed by atoms with Gasteiger partial charge in [-0.05, 0) is 73.5 Å². The van der Waals surface area contributed by atoms with E-state index in [1.807, 2.05) is 38.1 Å². The van der Waals surface area contributed by atoms with Crippen molar-refractivity contribution in [1.29, 1.82) is 0 Å². The molecule has 3 amide bonds. The minimum absolute atomic E-state index is 0.134. The minimum atomic E-state index is -0.927. The number of carbonyl (C=O) groups is 3. The highest BCUT2D eigenvalue weighted by Gasteiger charge is 2.21. The van der Waals surface area contributed by atoms with Crippen molar-refractivity contribution in [3.05, 3.63) is 93.0 Å². The van der Waals surface area contributed by atoms with E-state index >= 15 is 0 Å². The van der Waals surface area contributed by atoms with Gasteiger partial charge >= 0.3 is 11.8 Å². The van der Waals surface area contributed by atoms with Crippen molar-refractivity contribution in [2.45, 2.75) is 13.8 Å². The Morgan fingerprint density at radius 3 is 2.35 bits per heavy atom. The molecule has 3 N–H and O–H groups in total. The van der Waals surface area contributed by atoms with Crippen LogP contribution in [0.4, 0.5) is 11.4 Å². The number of hydrogen-bond donors (Lipinski definition) is 3. The lowest BCUT2D eigenvalue weighted by Gasteiger charge is -2.13. The van der Waals surface area contributed by atoms with Gasteiger partial charge in [-0.15, -0.1) is 0 Å². The summed E-state index contributed by atoms with van der Waals surface area (Å²) < 4.78 is 2.20. The quantitative estimate of drug-likeness (QED) is 0.293. The summed E-state index contributed by atoms with van der Waals surface area (Å²) in [4.78, 5) is 38.4. The summed E-state index contributed by atoms with van der Waals surface area (Å²) >= 11 is 9.55. The van der Waals surface area contributed by atoms with E-state index in [4.69, 9.17) is 11.6 Å². The normalized spacial score (nSPS) is 10.7. The number of rotatable bonds is 4. The van der Waals surface area contributed by atoms with Gasteiger partial charge in [-0.3, -0.25) is 19.8 Å². The summed E-state index contributed by atoms with van der Waals surface area (Å²) in [6.45, 7) is 3.73. The molecular weight excluding hydrogens is 520 g/mol. The Morgan fingerprint density at radius 2 is 1.62 bits per heavy atom. The monoisotopic (exact) mass is 538 g/mol. The van der Waals surface area contributed by atoms with Gasteiger partial charge in [0.15, 0.2) is 0 Å². The van der Waals surface area contributed by atoms with Crippen molar-refractivity contribution in [3.8, 4) is 0 Å². The van der Waals surface area contributed by atoms with Crippen LogP contribution >= 0.6 is 27.5 Å². The Hall–Kier alpha value is -3.62. The van der Waals surface area contributed by atoms with E-state index in [1.54, 1.807) is 42.5 Å². The van der Waals surface area contributed by atoms with Gasteiger partial charge in [0.05, 0.1) is 5.52 Å². The molecule has 0 fully saturated rings. The number of nitrogens with zero attached hydrogens (tertiary/aromatic N) is 1. The predicted molar refractivity (Wildman–Crippen MR) is 138 cm³/mol. The number of fused-ring (bicyclic) bond motifs is 1. The fraction of sp³-hybridized carbons (Fsp3) is 0.0800. The first-order valence-electron chi connectivity index (χ1n) is 10.3. The van der Waals surface area contributed by atoms with E-state index in [0.29, 0.717) is 27.3 Å². The first-order chi connectivity index (χ1) is 16.2. The molecule has 0 aliphatic rings. The maximum atomic E-state index is 13.1. The van der Waals surface area contributed by atoms with Gasteiger partial charge in [0.25, 0.3) is 5.91 Å². The zero-order valence-electron chi connectivity index (χ0n) is 18.3. The fourth-order valence-corrected chi connectivity index (χ4v) is 3.86. The van der Waals surface area contributed by atoms with Gasteiger partial charge in [-0.2, -0.15) is 0 Å². The van der Waals surface area contributed by atoms with Crippen LogP contribution in [0.5, 0.6) is 0 Å². The average Bonchev–Trinajstić information content (AvgIpc) is 3.15. The van der Waals surface area contributed by atoms with Gasteiger partial charge in [0.1, 0.15) is 5.69 Å². The molecule has 0 unspecified atom stereocenters. The highest BCUT2D eigenvalue weighted by molar-refractivity contribution is 9.10. The van der Waals surface area contributed by atoms with Gasteiger partial charge in [-0.1, -0.05) is 45.7 Å². The van der Waals surface area contributed by atoms with Crippen LogP contribution in [-0.4, -0.2) is 22.4 Å². The third kappa shape index (κ3) is 4.98. The van der Waals surface area contributed by atoms with Gasteiger partial charge < -0.3 is 10.6 Å². The molecule has 0 aliphatic carbocycles.